The molecule has 0 aliphatic heterocycles. The maximum atomic E-state index is 4.29. The molecule has 0 amide bonds. The van der Waals surface area contributed by atoms with Gasteiger partial charge in [0.15, 0.2) is 9.50 Å². The first-order valence-corrected chi connectivity index (χ1v) is 6.07. The van der Waals surface area contributed by atoms with Crippen molar-refractivity contribution in [3.8, 4) is 0 Å². The molecule has 0 aliphatic carbocycles. The lowest BCUT2D eigenvalue weighted by atomic mass is 10.5. The second kappa shape index (κ2) is 4.33. The lowest BCUT2D eigenvalue weighted by Gasteiger charge is -1.98. The summed E-state index contributed by atoms with van der Waals surface area (Å²) in [5.41, 5.74) is 0.923. The topological polar surface area (TPSA) is 51.6 Å². The number of hydrogen-bond acceptors (Lipinski definition) is 6. The highest BCUT2D eigenvalue weighted by Crippen LogP contribution is 2.26. The largest absolute Gasteiger partial charge is 0.230 e. The maximum Gasteiger partial charge on any atom is 0.195 e. The zero-order valence-corrected chi connectivity index (χ0v) is 10.4. The summed E-state index contributed by atoms with van der Waals surface area (Å²) in [4.78, 5) is 12.5. The summed E-state index contributed by atoms with van der Waals surface area (Å²) in [6, 6.07) is 0. The molecule has 0 fully saturated rings. The van der Waals surface area contributed by atoms with Crippen LogP contribution in [0.15, 0.2) is 26.5 Å². The SMILES string of the molecule is Cc1nc(Sc2ncns2)ncc1Br. The van der Waals surface area contributed by atoms with Crippen molar-refractivity contribution in [3.05, 3.63) is 22.7 Å². The third-order valence-corrected chi connectivity index (χ3v) is 3.79. The van der Waals surface area contributed by atoms with Crippen molar-refractivity contribution >= 4 is 39.2 Å². The lowest BCUT2D eigenvalue weighted by molar-refractivity contribution is 0.920. The van der Waals surface area contributed by atoms with Crippen LogP contribution in [0.4, 0.5) is 0 Å². The number of halogens is 1. The first-order valence-electron chi connectivity index (χ1n) is 3.69. The van der Waals surface area contributed by atoms with Gasteiger partial charge in [-0.05, 0) is 46.1 Å². The third-order valence-electron chi connectivity index (χ3n) is 1.42. The summed E-state index contributed by atoms with van der Waals surface area (Å²) in [5.74, 6) is 0. The fourth-order valence-electron chi connectivity index (χ4n) is 0.766. The third kappa shape index (κ3) is 2.28. The summed E-state index contributed by atoms with van der Waals surface area (Å²) in [7, 11) is 0. The zero-order chi connectivity index (χ0) is 9.97. The van der Waals surface area contributed by atoms with E-state index in [-0.39, 0.29) is 0 Å². The van der Waals surface area contributed by atoms with Gasteiger partial charge in [0.1, 0.15) is 6.33 Å². The lowest BCUT2D eigenvalue weighted by Crippen LogP contribution is -1.89. The summed E-state index contributed by atoms with van der Waals surface area (Å²) < 4.78 is 5.67. The molecule has 0 N–H and O–H groups in total. The van der Waals surface area contributed by atoms with Gasteiger partial charge in [0.25, 0.3) is 0 Å². The van der Waals surface area contributed by atoms with Crippen LogP contribution in [0.5, 0.6) is 0 Å². The van der Waals surface area contributed by atoms with Crippen molar-refractivity contribution in [3.63, 3.8) is 0 Å². The number of aromatic nitrogens is 4. The normalized spacial score (nSPS) is 10.4. The Morgan fingerprint density at radius 3 is 2.93 bits per heavy atom. The predicted octanol–water partition coefficient (Wildman–Crippen LogP) is 2.55. The quantitative estimate of drug-likeness (QED) is 0.795. The van der Waals surface area contributed by atoms with Gasteiger partial charge in [-0.2, -0.15) is 4.37 Å². The number of rotatable bonds is 2. The van der Waals surface area contributed by atoms with Gasteiger partial charge in [0.05, 0.1) is 10.2 Å². The van der Waals surface area contributed by atoms with Crippen molar-refractivity contribution in [2.75, 3.05) is 0 Å². The van der Waals surface area contributed by atoms with E-state index in [2.05, 4.69) is 35.3 Å². The standard InChI is InChI=1S/C7H5BrN4S2/c1-4-5(8)2-9-6(12-4)13-7-10-3-11-14-7/h2-3H,1H3. The minimum Gasteiger partial charge on any atom is -0.230 e. The molecule has 0 spiro atoms. The molecule has 0 unspecified atom stereocenters. The molecule has 2 heterocycles. The van der Waals surface area contributed by atoms with Crippen molar-refractivity contribution in [1.29, 1.82) is 0 Å². The fraction of sp³-hybridized carbons (Fsp3) is 0.143. The molecule has 0 radical (unpaired) electrons. The molecule has 0 saturated heterocycles. The molecule has 0 atom stereocenters. The zero-order valence-electron chi connectivity index (χ0n) is 7.14. The molecule has 2 aromatic rings. The van der Waals surface area contributed by atoms with Gasteiger partial charge in [0, 0.05) is 6.20 Å². The number of nitrogens with zero attached hydrogens (tertiary/aromatic N) is 4. The molecule has 2 aromatic heterocycles. The highest BCUT2D eigenvalue weighted by molar-refractivity contribution is 9.10. The molecule has 4 nitrogen and oxygen atoms in total. The monoisotopic (exact) mass is 288 g/mol. The van der Waals surface area contributed by atoms with Crippen LogP contribution >= 0.6 is 39.2 Å². The van der Waals surface area contributed by atoms with Crippen molar-refractivity contribution in [1.82, 2.24) is 19.3 Å². The Balaban J connectivity index is 2.22. The van der Waals surface area contributed by atoms with Gasteiger partial charge in [-0.1, -0.05) is 0 Å². The first kappa shape index (κ1) is 10.0. The molecular weight excluding hydrogens is 284 g/mol. The van der Waals surface area contributed by atoms with E-state index >= 15 is 0 Å². The number of hydrogen-bond donors (Lipinski definition) is 0. The molecule has 0 saturated carbocycles. The van der Waals surface area contributed by atoms with Crippen LogP contribution < -0.4 is 0 Å². The van der Waals surface area contributed by atoms with Crippen molar-refractivity contribution in [2.45, 2.75) is 16.4 Å². The van der Waals surface area contributed by atoms with Crippen LogP contribution in [-0.4, -0.2) is 19.3 Å². The van der Waals surface area contributed by atoms with Crippen LogP contribution in [0.25, 0.3) is 0 Å². The van der Waals surface area contributed by atoms with E-state index in [1.807, 2.05) is 6.92 Å². The Morgan fingerprint density at radius 2 is 2.29 bits per heavy atom. The minimum absolute atomic E-state index is 0.697. The van der Waals surface area contributed by atoms with Crippen LogP contribution in [-0.2, 0) is 0 Å². The molecule has 0 aromatic carbocycles. The molecule has 72 valence electrons. The van der Waals surface area contributed by atoms with Gasteiger partial charge < -0.3 is 0 Å². The maximum absolute atomic E-state index is 4.29. The van der Waals surface area contributed by atoms with E-state index in [0.29, 0.717) is 5.16 Å². The van der Waals surface area contributed by atoms with E-state index in [1.54, 1.807) is 6.20 Å². The highest BCUT2D eigenvalue weighted by atomic mass is 79.9. The van der Waals surface area contributed by atoms with Crippen LogP contribution in [0, 0.1) is 6.92 Å². The Kier molecular flexibility index (Phi) is 3.09. The van der Waals surface area contributed by atoms with E-state index < -0.39 is 0 Å². The van der Waals surface area contributed by atoms with Crippen molar-refractivity contribution in [2.24, 2.45) is 0 Å². The van der Waals surface area contributed by atoms with Gasteiger partial charge in [0.2, 0.25) is 0 Å². The van der Waals surface area contributed by atoms with E-state index in [9.17, 15) is 0 Å². The summed E-state index contributed by atoms with van der Waals surface area (Å²) in [6.07, 6.45) is 3.27. The average Bonchev–Trinajstić information content (AvgIpc) is 2.64. The van der Waals surface area contributed by atoms with Crippen molar-refractivity contribution < 1.29 is 0 Å². The molecule has 0 bridgehead atoms. The molecule has 14 heavy (non-hydrogen) atoms. The smallest absolute Gasteiger partial charge is 0.195 e. The Labute approximate surface area is 97.5 Å². The fourth-order valence-corrected chi connectivity index (χ4v) is 2.28. The van der Waals surface area contributed by atoms with E-state index in [0.717, 1.165) is 14.5 Å². The van der Waals surface area contributed by atoms with Gasteiger partial charge in [-0.15, -0.1) is 0 Å². The van der Waals surface area contributed by atoms with Crippen LogP contribution in [0.2, 0.25) is 0 Å². The summed E-state index contributed by atoms with van der Waals surface area (Å²) in [6.45, 7) is 1.93. The summed E-state index contributed by atoms with van der Waals surface area (Å²) in [5, 5.41) is 0.697. The Bertz CT molecular complexity index is 431. The second-order valence-electron chi connectivity index (χ2n) is 2.40. The summed E-state index contributed by atoms with van der Waals surface area (Å²) >= 11 is 6.10. The minimum atomic E-state index is 0.697. The first-order chi connectivity index (χ1) is 6.75. The highest BCUT2D eigenvalue weighted by Gasteiger charge is 2.05. The molecule has 2 rings (SSSR count). The predicted molar refractivity (Wildman–Crippen MR) is 58.5 cm³/mol. The molecule has 7 heteroatoms. The molecule has 0 aliphatic rings. The van der Waals surface area contributed by atoms with E-state index in [4.69, 9.17) is 0 Å². The number of aryl methyl sites for hydroxylation is 1. The van der Waals surface area contributed by atoms with Gasteiger partial charge >= 0.3 is 0 Å². The Hall–Kier alpha value is -0.530. The van der Waals surface area contributed by atoms with Crippen LogP contribution in [0.1, 0.15) is 5.69 Å². The van der Waals surface area contributed by atoms with Gasteiger partial charge in [-0.3, -0.25) is 0 Å². The Morgan fingerprint density at radius 1 is 1.43 bits per heavy atom. The van der Waals surface area contributed by atoms with Gasteiger partial charge in [-0.25, -0.2) is 15.0 Å². The van der Waals surface area contributed by atoms with E-state index in [1.165, 1.54) is 29.6 Å². The second-order valence-corrected chi connectivity index (χ2v) is 5.24. The van der Waals surface area contributed by atoms with Crippen LogP contribution in [0.3, 0.4) is 0 Å². The molecular formula is C7H5BrN4S2. The average molecular weight is 289 g/mol.